The fraction of sp³-hybridized carbons (Fsp3) is 0.645. The average molecular weight is 569 g/mol. The fourth-order valence-corrected chi connectivity index (χ4v) is 9.45. The number of carbonyl (C=O) groups is 2. The molecule has 10 heteroatoms. The maximum absolute atomic E-state index is 12.9. The second-order valence-electron chi connectivity index (χ2n) is 13.1. The van der Waals surface area contributed by atoms with Gasteiger partial charge in [-0.3, -0.25) is 4.79 Å². The van der Waals surface area contributed by atoms with Crippen molar-refractivity contribution in [2.24, 2.45) is 33.7 Å². The van der Waals surface area contributed by atoms with Gasteiger partial charge in [-0.1, -0.05) is 6.92 Å². The number of carbonyl (C=O) groups excluding carboxylic acids is 2. The number of aromatic hydroxyl groups is 1. The summed E-state index contributed by atoms with van der Waals surface area (Å²) in [4.78, 5) is 24.8. The van der Waals surface area contributed by atoms with Crippen LogP contribution in [0, 0.1) is 28.6 Å². The zero-order valence-electron chi connectivity index (χ0n) is 23.6. The van der Waals surface area contributed by atoms with Crippen LogP contribution in [0.5, 0.6) is 11.5 Å². The number of hydrogen-bond acceptors (Lipinski definition) is 9. The molecule has 4 aliphatic carbocycles. The lowest BCUT2D eigenvalue weighted by atomic mass is 9.41. The van der Waals surface area contributed by atoms with Crippen LogP contribution in [-0.2, 0) is 9.53 Å². The van der Waals surface area contributed by atoms with E-state index in [0.717, 1.165) is 24.8 Å². The average Bonchev–Trinajstić information content (AvgIpc) is 3.48. The zero-order valence-corrected chi connectivity index (χ0v) is 23.6. The summed E-state index contributed by atoms with van der Waals surface area (Å²) in [5, 5.41) is 49.5. The van der Waals surface area contributed by atoms with Gasteiger partial charge in [0.25, 0.3) is 5.91 Å². The lowest BCUT2D eigenvalue weighted by molar-refractivity contribution is -0.237. The number of methoxy groups -OCH3 is 1. The Morgan fingerprint density at radius 2 is 1.90 bits per heavy atom. The minimum Gasteiger partial charge on any atom is -0.504 e. The first-order valence-electron chi connectivity index (χ1n) is 14.7. The summed E-state index contributed by atoms with van der Waals surface area (Å²) >= 11 is 0. The Morgan fingerprint density at radius 1 is 1.12 bits per heavy atom. The second-order valence-corrected chi connectivity index (χ2v) is 13.1. The van der Waals surface area contributed by atoms with Crippen molar-refractivity contribution in [3.63, 3.8) is 0 Å². The van der Waals surface area contributed by atoms with Gasteiger partial charge in [0.1, 0.15) is 6.61 Å². The molecule has 0 radical (unpaired) electrons. The quantitative estimate of drug-likeness (QED) is 0.206. The van der Waals surface area contributed by atoms with Crippen molar-refractivity contribution >= 4 is 18.1 Å². The number of fused-ring (bicyclic) bond motifs is 5. The van der Waals surface area contributed by atoms with Gasteiger partial charge in [-0.05, 0) is 92.9 Å². The zero-order chi connectivity index (χ0) is 29.2. The standard InChI is InChI=1S/C31H40N2O8/c1-28-9-6-22-23(31(28,39)12-8-21(28)19-14-26(36)41-16-19)7-11-30(38)15-20(34)5-10-29(22,30)17-32-33-27(37)18-3-4-24(35)25(13-18)40-2/h3-4,13-14,17,20-23,34-35,38-39H,5-12,15-16H2,1-2H3,(H,33,37)/t20-,21?,22+,23-,28?,29?,30?,31?/m1/s1. The van der Waals surface area contributed by atoms with Crippen LogP contribution in [0.2, 0.25) is 0 Å². The number of nitrogens with one attached hydrogen (secondary N) is 1. The third kappa shape index (κ3) is 4.12. The van der Waals surface area contributed by atoms with E-state index in [4.69, 9.17) is 9.47 Å². The van der Waals surface area contributed by atoms with E-state index < -0.39 is 34.0 Å². The third-order valence-corrected chi connectivity index (χ3v) is 11.5. The summed E-state index contributed by atoms with van der Waals surface area (Å²) in [6.45, 7) is 2.42. The highest BCUT2D eigenvalue weighted by Crippen LogP contribution is 2.70. The number of phenols is 1. The molecule has 1 aliphatic heterocycles. The predicted molar refractivity (Wildman–Crippen MR) is 148 cm³/mol. The number of aliphatic hydroxyl groups is 3. The van der Waals surface area contributed by atoms with Gasteiger partial charge >= 0.3 is 5.97 Å². The van der Waals surface area contributed by atoms with Crippen molar-refractivity contribution in [2.45, 2.75) is 82.0 Å². The summed E-state index contributed by atoms with van der Waals surface area (Å²) in [5.41, 5.74) is 0.326. The molecular weight excluding hydrogens is 528 g/mol. The van der Waals surface area contributed by atoms with Crippen molar-refractivity contribution in [1.29, 1.82) is 0 Å². The van der Waals surface area contributed by atoms with Crippen LogP contribution in [0.1, 0.15) is 75.1 Å². The number of esters is 1. The van der Waals surface area contributed by atoms with E-state index in [1.54, 1.807) is 12.3 Å². The van der Waals surface area contributed by atoms with Crippen molar-refractivity contribution in [1.82, 2.24) is 5.43 Å². The van der Waals surface area contributed by atoms with Crippen LogP contribution < -0.4 is 10.2 Å². The Morgan fingerprint density at radius 3 is 2.63 bits per heavy atom. The monoisotopic (exact) mass is 568 g/mol. The Kier molecular flexibility index (Phi) is 6.75. The maximum atomic E-state index is 12.9. The van der Waals surface area contributed by atoms with E-state index in [0.29, 0.717) is 32.1 Å². The Balaban J connectivity index is 1.31. The molecule has 222 valence electrons. The van der Waals surface area contributed by atoms with Crippen molar-refractivity contribution < 1.29 is 39.5 Å². The van der Waals surface area contributed by atoms with E-state index in [1.807, 2.05) is 0 Å². The van der Waals surface area contributed by atoms with Crippen LogP contribution >= 0.6 is 0 Å². The number of nitrogens with zero attached hydrogens (tertiary/aromatic N) is 1. The van der Waals surface area contributed by atoms with Gasteiger partial charge in [-0.25, -0.2) is 10.2 Å². The summed E-state index contributed by atoms with van der Waals surface area (Å²) < 4.78 is 10.3. The summed E-state index contributed by atoms with van der Waals surface area (Å²) in [6, 6.07) is 4.27. The largest absolute Gasteiger partial charge is 0.504 e. The lowest BCUT2D eigenvalue weighted by Gasteiger charge is -2.65. The number of cyclic esters (lactones) is 1. The van der Waals surface area contributed by atoms with Crippen molar-refractivity contribution in [3.05, 3.63) is 35.4 Å². The molecule has 5 N–H and O–H groups in total. The van der Waals surface area contributed by atoms with Crippen molar-refractivity contribution in [3.8, 4) is 11.5 Å². The van der Waals surface area contributed by atoms with Crippen LogP contribution in [0.4, 0.5) is 0 Å². The van der Waals surface area contributed by atoms with E-state index >= 15 is 0 Å². The maximum Gasteiger partial charge on any atom is 0.331 e. The molecule has 0 spiro atoms. The number of aliphatic hydroxyl groups excluding tert-OH is 1. The van der Waals surface area contributed by atoms with Gasteiger partial charge in [-0.15, -0.1) is 0 Å². The summed E-state index contributed by atoms with van der Waals surface area (Å²) in [7, 11) is 1.40. The molecule has 1 aromatic rings. The minimum absolute atomic E-state index is 0.0556. The number of phenolic OH excluding ortho intramolecular Hbond substituents is 1. The van der Waals surface area contributed by atoms with Gasteiger partial charge < -0.3 is 29.9 Å². The van der Waals surface area contributed by atoms with Gasteiger partial charge in [0.2, 0.25) is 0 Å². The molecule has 0 aromatic heterocycles. The molecule has 4 saturated carbocycles. The Hall–Kier alpha value is -2.95. The molecule has 4 fully saturated rings. The van der Waals surface area contributed by atoms with Gasteiger partial charge in [0, 0.05) is 35.1 Å². The third-order valence-electron chi connectivity index (χ3n) is 11.5. The fourth-order valence-electron chi connectivity index (χ4n) is 9.45. The van der Waals surface area contributed by atoms with Crippen LogP contribution in [0.3, 0.4) is 0 Å². The number of amides is 1. The number of ether oxygens (including phenoxy) is 2. The molecule has 1 heterocycles. The van der Waals surface area contributed by atoms with Crippen LogP contribution in [0.15, 0.2) is 34.9 Å². The first-order valence-corrected chi connectivity index (χ1v) is 14.7. The number of hydrogen-bond donors (Lipinski definition) is 5. The highest BCUT2D eigenvalue weighted by molar-refractivity contribution is 5.95. The molecule has 8 atom stereocenters. The number of benzene rings is 1. The second kappa shape index (κ2) is 9.81. The summed E-state index contributed by atoms with van der Waals surface area (Å²) in [6.07, 6.45) is 7.71. The van der Waals surface area contributed by atoms with Gasteiger partial charge in [0.05, 0.1) is 24.4 Å². The topological polar surface area (TPSA) is 158 Å². The summed E-state index contributed by atoms with van der Waals surface area (Å²) in [5.74, 6) is -0.870. The predicted octanol–water partition coefficient (Wildman–Crippen LogP) is 2.83. The molecule has 6 rings (SSSR count). The van der Waals surface area contributed by atoms with E-state index in [2.05, 4.69) is 17.5 Å². The van der Waals surface area contributed by atoms with Crippen LogP contribution in [-0.4, -0.2) is 69.5 Å². The SMILES string of the molecule is COc1cc(C(=O)NN=CC23CC[C@@H](O)CC2(O)CC[C@@H]2[C@@H]3CCC3(C)C(C4=CC(=O)OC4)CCC23O)ccc1O. The van der Waals surface area contributed by atoms with Crippen molar-refractivity contribution in [2.75, 3.05) is 13.7 Å². The van der Waals surface area contributed by atoms with Crippen LogP contribution in [0.25, 0.3) is 0 Å². The Bertz CT molecular complexity index is 1310. The first kappa shape index (κ1) is 28.2. The van der Waals surface area contributed by atoms with E-state index in [1.165, 1.54) is 25.3 Å². The van der Waals surface area contributed by atoms with E-state index in [-0.39, 0.29) is 53.8 Å². The van der Waals surface area contributed by atoms with Gasteiger partial charge in [-0.2, -0.15) is 5.10 Å². The normalized spacial score (nSPS) is 41.7. The molecule has 41 heavy (non-hydrogen) atoms. The highest BCUT2D eigenvalue weighted by Gasteiger charge is 2.71. The molecule has 5 unspecified atom stereocenters. The smallest absolute Gasteiger partial charge is 0.331 e. The lowest BCUT2D eigenvalue weighted by Crippen LogP contribution is -2.68. The molecule has 1 aromatic carbocycles. The molecule has 0 bridgehead atoms. The minimum atomic E-state index is -1.22. The van der Waals surface area contributed by atoms with E-state index in [9.17, 15) is 30.0 Å². The highest BCUT2D eigenvalue weighted by atomic mass is 16.5. The Labute approximate surface area is 239 Å². The first-order chi connectivity index (χ1) is 19.5. The number of hydrazone groups is 1. The van der Waals surface area contributed by atoms with Gasteiger partial charge in [0.15, 0.2) is 11.5 Å². The molecule has 10 nitrogen and oxygen atoms in total. The molecule has 1 amide bonds. The molecule has 5 aliphatic rings. The molecule has 0 saturated heterocycles. The number of rotatable bonds is 5. The molecular formula is C31H40N2O8.